The summed E-state index contributed by atoms with van der Waals surface area (Å²) in [6.45, 7) is 7.22. The van der Waals surface area contributed by atoms with E-state index in [0.717, 1.165) is 12.1 Å². The van der Waals surface area contributed by atoms with E-state index < -0.39 is 29.1 Å². The molecular weight excluding hydrogens is 482 g/mol. The van der Waals surface area contributed by atoms with Gasteiger partial charge >= 0.3 is 0 Å². The van der Waals surface area contributed by atoms with E-state index >= 15 is 0 Å². The van der Waals surface area contributed by atoms with Crippen molar-refractivity contribution in [3.05, 3.63) is 54.6 Å². The molecule has 0 radical (unpaired) electrons. The van der Waals surface area contributed by atoms with Gasteiger partial charge in [-0.05, 0) is 51.7 Å². The summed E-state index contributed by atoms with van der Waals surface area (Å²) in [6.07, 6.45) is 10.3. The van der Waals surface area contributed by atoms with Crippen molar-refractivity contribution >= 4 is 23.4 Å². The molecule has 0 saturated carbocycles. The molecule has 1 aromatic carbocycles. The second kappa shape index (κ2) is 10.3. The van der Waals surface area contributed by atoms with Crippen LogP contribution in [-0.2, 0) is 19.1 Å². The molecule has 204 valence electrons. The highest BCUT2D eigenvalue weighted by Gasteiger charge is 2.75. The van der Waals surface area contributed by atoms with Crippen LogP contribution in [-0.4, -0.2) is 82.2 Å². The Balaban J connectivity index is 1.62. The Morgan fingerprint density at radius 2 is 1.68 bits per heavy atom. The number of nitrogens with zero attached hydrogens (tertiary/aromatic N) is 3. The van der Waals surface area contributed by atoms with Crippen molar-refractivity contribution in [3.63, 3.8) is 0 Å². The fourth-order valence-electron chi connectivity index (χ4n) is 6.89. The number of hydrogen-bond acceptors (Lipinski definition) is 5. The second-order valence-corrected chi connectivity index (χ2v) is 11.1. The Kier molecular flexibility index (Phi) is 7.22. The van der Waals surface area contributed by atoms with Crippen LogP contribution in [0.25, 0.3) is 0 Å². The summed E-state index contributed by atoms with van der Waals surface area (Å²) in [5.41, 5.74) is -1.44. The van der Waals surface area contributed by atoms with Crippen LogP contribution in [0.4, 0.5) is 5.69 Å². The van der Waals surface area contributed by atoms with Gasteiger partial charge in [-0.3, -0.25) is 14.4 Å². The highest BCUT2D eigenvalue weighted by molar-refractivity contribution is 6.04. The normalized spacial score (nSPS) is 32.5. The number of hydrogen-bond donors (Lipinski definition) is 1. The Morgan fingerprint density at radius 3 is 2.37 bits per heavy atom. The molecule has 8 nitrogen and oxygen atoms in total. The number of carbonyl (C=O) groups excluding carboxylic acids is 3. The number of carbonyl (C=O) groups is 3. The van der Waals surface area contributed by atoms with Crippen molar-refractivity contribution in [2.75, 3.05) is 31.1 Å². The lowest BCUT2D eigenvalue weighted by atomic mass is 9.73. The maximum absolute atomic E-state index is 14.4. The SMILES string of the molecule is CC[C@@]12C=CCN(c3ccccc3)C(=O)[C@@H]1[C@H]1C(=O)N(CCCCCO)C3C(=O)N(C(C)C)CC=C[C@@]31O2. The minimum Gasteiger partial charge on any atom is -0.396 e. The quantitative estimate of drug-likeness (QED) is 0.420. The number of amides is 3. The number of likely N-dealkylation sites (tertiary alicyclic amines) is 1. The summed E-state index contributed by atoms with van der Waals surface area (Å²) < 4.78 is 6.99. The third-order valence-corrected chi connectivity index (χ3v) is 8.72. The first-order valence-corrected chi connectivity index (χ1v) is 13.9. The largest absolute Gasteiger partial charge is 0.396 e. The van der Waals surface area contributed by atoms with Gasteiger partial charge in [0, 0.05) is 38.0 Å². The number of aliphatic hydroxyl groups excluding tert-OH is 1. The van der Waals surface area contributed by atoms with Gasteiger partial charge in [0.15, 0.2) is 0 Å². The minimum atomic E-state index is -1.23. The Labute approximate surface area is 224 Å². The number of rotatable bonds is 8. The zero-order valence-electron chi connectivity index (χ0n) is 22.6. The van der Waals surface area contributed by atoms with Gasteiger partial charge in [0.25, 0.3) is 0 Å². The second-order valence-electron chi connectivity index (χ2n) is 11.1. The van der Waals surface area contributed by atoms with E-state index in [9.17, 15) is 19.5 Å². The Bertz CT molecular complexity index is 1130. The molecule has 1 aromatic rings. The first kappa shape index (κ1) is 26.6. The fraction of sp³-hybridized carbons (Fsp3) is 0.567. The van der Waals surface area contributed by atoms with Gasteiger partial charge in [0.2, 0.25) is 17.7 Å². The van der Waals surface area contributed by atoms with Crippen LogP contribution >= 0.6 is 0 Å². The molecule has 5 atom stereocenters. The minimum absolute atomic E-state index is 0.0465. The van der Waals surface area contributed by atoms with E-state index in [2.05, 4.69) is 0 Å². The third kappa shape index (κ3) is 4.00. The van der Waals surface area contributed by atoms with Gasteiger partial charge in [-0.15, -0.1) is 0 Å². The van der Waals surface area contributed by atoms with Gasteiger partial charge in [-0.1, -0.05) is 49.4 Å². The van der Waals surface area contributed by atoms with Crippen LogP contribution in [0.5, 0.6) is 0 Å². The molecule has 1 unspecified atom stereocenters. The average molecular weight is 522 g/mol. The molecule has 38 heavy (non-hydrogen) atoms. The van der Waals surface area contributed by atoms with E-state index in [4.69, 9.17) is 4.74 Å². The first-order chi connectivity index (χ1) is 18.3. The first-order valence-electron chi connectivity index (χ1n) is 13.9. The summed E-state index contributed by atoms with van der Waals surface area (Å²) in [5, 5.41) is 9.24. The summed E-state index contributed by atoms with van der Waals surface area (Å²) in [7, 11) is 0. The standard InChI is InChI=1S/C30H39N3O5/c1-4-29-15-11-19-32(22-13-7-5-8-14-22)26(35)23(29)24-27(36)33(17-9-6-10-20-34)25-28(37)31(21(2)3)18-12-16-30(24,25)38-29/h5,7-8,11-16,21,23-25,34H,4,6,9-10,17-20H2,1-3H3/t23-,24-,25?,29+,30-/m0/s1. The molecule has 0 bridgehead atoms. The number of para-hydroxylation sites is 1. The van der Waals surface area contributed by atoms with Gasteiger partial charge in [0.1, 0.15) is 11.6 Å². The lowest BCUT2D eigenvalue weighted by molar-refractivity contribution is -0.153. The van der Waals surface area contributed by atoms with Crippen LogP contribution in [0, 0.1) is 11.8 Å². The molecule has 0 aromatic heterocycles. The summed E-state index contributed by atoms with van der Waals surface area (Å²) in [6, 6.07) is 8.63. The van der Waals surface area contributed by atoms with E-state index in [1.54, 1.807) is 14.7 Å². The molecule has 1 N–H and O–H groups in total. The highest BCUT2D eigenvalue weighted by Crippen LogP contribution is 2.58. The van der Waals surface area contributed by atoms with Gasteiger partial charge < -0.3 is 24.5 Å². The fourth-order valence-corrected chi connectivity index (χ4v) is 6.89. The molecule has 3 amide bonds. The zero-order valence-corrected chi connectivity index (χ0v) is 22.6. The molecule has 4 aliphatic heterocycles. The smallest absolute Gasteiger partial charge is 0.249 e. The molecule has 0 aliphatic carbocycles. The topological polar surface area (TPSA) is 90.4 Å². The van der Waals surface area contributed by atoms with Crippen molar-refractivity contribution in [1.29, 1.82) is 0 Å². The van der Waals surface area contributed by atoms with Crippen LogP contribution in [0.15, 0.2) is 54.6 Å². The number of unbranched alkanes of at least 4 members (excludes halogenated alkanes) is 2. The lowest BCUT2D eigenvalue weighted by Crippen LogP contribution is -2.57. The molecule has 8 heteroatoms. The summed E-state index contributed by atoms with van der Waals surface area (Å²) in [4.78, 5) is 48.1. The van der Waals surface area contributed by atoms with Gasteiger partial charge in [-0.25, -0.2) is 0 Å². The van der Waals surface area contributed by atoms with E-state index in [1.807, 2.05) is 75.4 Å². The maximum Gasteiger partial charge on any atom is 0.249 e. The van der Waals surface area contributed by atoms with Crippen molar-refractivity contribution < 1.29 is 24.2 Å². The molecular formula is C30H39N3O5. The van der Waals surface area contributed by atoms with E-state index in [0.29, 0.717) is 38.9 Å². The van der Waals surface area contributed by atoms with Gasteiger partial charge in [-0.2, -0.15) is 0 Å². The summed E-state index contributed by atoms with van der Waals surface area (Å²) >= 11 is 0. The van der Waals surface area contributed by atoms with Crippen LogP contribution in [0.1, 0.15) is 46.5 Å². The predicted molar refractivity (Wildman–Crippen MR) is 144 cm³/mol. The van der Waals surface area contributed by atoms with Crippen molar-refractivity contribution in [1.82, 2.24) is 9.80 Å². The van der Waals surface area contributed by atoms with Crippen molar-refractivity contribution in [3.8, 4) is 0 Å². The number of fused-ring (bicyclic) bond motifs is 2. The summed E-state index contributed by atoms with van der Waals surface area (Å²) in [5.74, 6) is -2.04. The third-order valence-electron chi connectivity index (χ3n) is 8.72. The number of ether oxygens (including phenoxy) is 1. The lowest BCUT2D eigenvalue weighted by Gasteiger charge is -2.39. The van der Waals surface area contributed by atoms with Crippen molar-refractivity contribution in [2.45, 2.75) is 69.7 Å². The monoisotopic (exact) mass is 521 g/mol. The average Bonchev–Trinajstić information content (AvgIpc) is 3.19. The maximum atomic E-state index is 14.4. The highest BCUT2D eigenvalue weighted by atomic mass is 16.5. The number of benzene rings is 1. The van der Waals surface area contributed by atoms with E-state index in [-0.39, 0.29) is 30.4 Å². The molecule has 5 rings (SSSR count). The number of aliphatic hydroxyl groups is 1. The van der Waals surface area contributed by atoms with Gasteiger partial charge in [0.05, 0.1) is 17.4 Å². The van der Waals surface area contributed by atoms with Crippen LogP contribution in [0.2, 0.25) is 0 Å². The number of anilines is 1. The van der Waals surface area contributed by atoms with Crippen molar-refractivity contribution in [2.24, 2.45) is 11.8 Å². The molecule has 4 aliphatic rings. The molecule has 1 spiro atoms. The van der Waals surface area contributed by atoms with Crippen LogP contribution in [0.3, 0.4) is 0 Å². The van der Waals surface area contributed by atoms with Crippen LogP contribution < -0.4 is 4.90 Å². The molecule has 2 fully saturated rings. The van der Waals surface area contributed by atoms with E-state index in [1.165, 1.54) is 0 Å². The predicted octanol–water partition coefficient (Wildman–Crippen LogP) is 2.92. The molecule has 4 heterocycles. The zero-order chi connectivity index (χ0) is 27.1. The Morgan fingerprint density at radius 1 is 0.947 bits per heavy atom. The Hall–Kier alpha value is -2.97. The molecule has 2 saturated heterocycles.